The molecule has 7 nitrogen and oxygen atoms in total. The zero-order chi connectivity index (χ0) is 16.9. The van der Waals surface area contributed by atoms with Gasteiger partial charge in [-0.15, -0.1) is 0 Å². The van der Waals surface area contributed by atoms with E-state index in [1.807, 2.05) is 10.6 Å². The van der Waals surface area contributed by atoms with E-state index in [0.717, 1.165) is 17.0 Å². The fraction of sp³-hybridized carbons (Fsp3) is 0.375. The average Bonchev–Trinajstić information content (AvgIpc) is 3.03. The van der Waals surface area contributed by atoms with E-state index in [-0.39, 0.29) is 11.0 Å². The molecule has 3 aromatic rings. The summed E-state index contributed by atoms with van der Waals surface area (Å²) in [7, 11) is -3.29. The molecule has 0 bridgehead atoms. The van der Waals surface area contributed by atoms with Gasteiger partial charge in [0, 0.05) is 31.7 Å². The van der Waals surface area contributed by atoms with Gasteiger partial charge in [0.15, 0.2) is 21.3 Å². The van der Waals surface area contributed by atoms with E-state index in [0.29, 0.717) is 31.4 Å². The normalized spacial score (nSPS) is 17.0. The Morgan fingerprint density at radius 2 is 2.00 bits per heavy atom. The van der Waals surface area contributed by atoms with Gasteiger partial charge < -0.3 is 10.0 Å². The first-order chi connectivity index (χ1) is 11.4. The van der Waals surface area contributed by atoms with E-state index >= 15 is 0 Å². The van der Waals surface area contributed by atoms with Crippen LogP contribution in [0.25, 0.3) is 16.7 Å². The summed E-state index contributed by atoms with van der Waals surface area (Å²) in [6.07, 6.45) is 5.86. The SMILES string of the molecule is CS(=O)(=O)c1ccc2c(c1)nc(N1CCC(O)CC1)c1nccn12. The van der Waals surface area contributed by atoms with Crippen LogP contribution in [0.1, 0.15) is 12.8 Å². The second kappa shape index (κ2) is 5.42. The largest absolute Gasteiger partial charge is 0.393 e. The quantitative estimate of drug-likeness (QED) is 0.751. The number of aliphatic hydroxyl groups is 1. The van der Waals surface area contributed by atoms with Crippen molar-refractivity contribution in [2.24, 2.45) is 0 Å². The molecule has 0 radical (unpaired) electrons. The molecule has 1 aliphatic heterocycles. The minimum Gasteiger partial charge on any atom is -0.393 e. The fourth-order valence-electron chi connectivity index (χ4n) is 3.14. The molecular formula is C16H18N4O3S. The first-order valence-electron chi connectivity index (χ1n) is 7.83. The number of fused-ring (bicyclic) bond motifs is 3. The summed E-state index contributed by atoms with van der Waals surface area (Å²) in [5, 5.41) is 9.71. The number of hydrogen-bond donors (Lipinski definition) is 1. The molecule has 8 heteroatoms. The van der Waals surface area contributed by atoms with Gasteiger partial charge in [-0.25, -0.2) is 18.4 Å². The highest BCUT2D eigenvalue weighted by atomic mass is 32.2. The Bertz CT molecular complexity index is 1020. The Balaban J connectivity index is 1.93. The molecule has 2 aromatic heterocycles. The summed E-state index contributed by atoms with van der Waals surface area (Å²) in [6.45, 7) is 1.40. The maximum absolute atomic E-state index is 11.8. The molecule has 1 aromatic carbocycles. The third-order valence-corrected chi connectivity index (χ3v) is 5.58. The second-order valence-electron chi connectivity index (χ2n) is 6.20. The molecule has 4 rings (SSSR count). The van der Waals surface area contributed by atoms with Crippen LogP contribution in [0.5, 0.6) is 0 Å². The van der Waals surface area contributed by atoms with Gasteiger partial charge in [-0.2, -0.15) is 0 Å². The van der Waals surface area contributed by atoms with E-state index < -0.39 is 9.84 Å². The zero-order valence-corrected chi connectivity index (χ0v) is 14.1. The van der Waals surface area contributed by atoms with Gasteiger partial charge in [-0.05, 0) is 31.0 Å². The predicted octanol–water partition coefficient (Wildman–Crippen LogP) is 1.25. The van der Waals surface area contributed by atoms with Crippen LogP contribution in [0, 0.1) is 0 Å². The van der Waals surface area contributed by atoms with Gasteiger partial charge in [0.05, 0.1) is 22.0 Å². The topological polar surface area (TPSA) is 87.8 Å². The standard InChI is InChI=1S/C16H18N4O3S/c1-24(22,23)12-2-3-14-13(10-12)18-16(15-17-6-9-20(14)15)19-7-4-11(21)5-8-19/h2-3,6,9-11,21H,4-5,7-8H2,1H3. The summed E-state index contributed by atoms with van der Waals surface area (Å²) in [6, 6.07) is 4.96. The van der Waals surface area contributed by atoms with Gasteiger partial charge in [0.25, 0.3) is 0 Å². The third kappa shape index (κ3) is 2.51. The van der Waals surface area contributed by atoms with Gasteiger partial charge in [-0.3, -0.25) is 4.40 Å². The first-order valence-corrected chi connectivity index (χ1v) is 9.72. The van der Waals surface area contributed by atoms with Crippen LogP contribution in [0.15, 0.2) is 35.5 Å². The third-order valence-electron chi connectivity index (χ3n) is 4.47. The highest BCUT2D eigenvalue weighted by molar-refractivity contribution is 7.90. The Hall–Kier alpha value is -2.19. The molecule has 0 spiro atoms. The molecule has 0 unspecified atom stereocenters. The van der Waals surface area contributed by atoms with Crippen molar-refractivity contribution in [2.45, 2.75) is 23.8 Å². The van der Waals surface area contributed by atoms with E-state index in [1.54, 1.807) is 24.4 Å². The molecule has 24 heavy (non-hydrogen) atoms. The predicted molar refractivity (Wildman–Crippen MR) is 91.1 cm³/mol. The number of piperidine rings is 1. The van der Waals surface area contributed by atoms with Gasteiger partial charge in [0.1, 0.15) is 0 Å². The Morgan fingerprint density at radius 1 is 1.25 bits per heavy atom. The average molecular weight is 346 g/mol. The molecule has 1 saturated heterocycles. The maximum Gasteiger partial charge on any atom is 0.180 e. The van der Waals surface area contributed by atoms with Crippen LogP contribution < -0.4 is 4.90 Å². The van der Waals surface area contributed by atoms with Gasteiger partial charge in [0.2, 0.25) is 0 Å². The van der Waals surface area contributed by atoms with Crippen molar-refractivity contribution in [3.05, 3.63) is 30.6 Å². The first kappa shape index (κ1) is 15.3. The second-order valence-corrected chi connectivity index (χ2v) is 8.21. The van der Waals surface area contributed by atoms with Crippen molar-refractivity contribution < 1.29 is 13.5 Å². The van der Waals surface area contributed by atoms with Crippen molar-refractivity contribution >= 4 is 32.3 Å². The molecule has 0 aliphatic carbocycles. The number of hydrogen-bond acceptors (Lipinski definition) is 6. The molecule has 126 valence electrons. The van der Waals surface area contributed by atoms with E-state index in [9.17, 15) is 13.5 Å². The monoisotopic (exact) mass is 346 g/mol. The van der Waals surface area contributed by atoms with Crippen molar-refractivity contribution in [1.29, 1.82) is 0 Å². The van der Waals surface area contributed by atoms with E-state index in [1.165, 1.54) is 6.26 Å². The molecular weight excluding hydrogens is 328 g/mol. The molecule has 1 aliphatic rings. The Kier molecular flexibility index (Phi) is 3.47. The van der Waals surface area contributed by atoms with Gasteiger partial charge >= 0.3 is 0 Å². The Morgan fingerprint density at radius 3 is 2.71 bits per heavy atom. The van der Waals surface area contributed by atoms with Crippen LogP contribution in [0.3, 0.4) is 0 Å². The molecule has 3 heterocycles. The number of nitrogens with zero attached hydrogens (tertiary/aromatic N) is 4. The summed E-state index contributed by atoms with van der Waals surface area (Å²) >= 11 is 0. The number of sulfone groups is 1. The lowest BCUT2D eigenvalue weighted by Gasteiger charge is -2.30. The maximum atomic E-state index is 11.8. The van der Waals surface area contributed by atoms with E-state index in [4.69, 9.17) is 4.98 Å². The minimum atomic E-state index is -3.29. The van der Waals surface area contributed by atoms with Crippen LogP contribution >= 0.6 is 0 Å². The summed E-state index contributed by atoms with van der Waals surface area (Å²) < 4.78 is 25.6. The van der Waals surface area contributed by atoms with Crippen LogP contribution in [0.4, 0.5) is 5.82 Å². The highest BCUT2D eigenvalue weighted by Gasteiger charge is 2.22. The summed E-state index contributed by atoms with van der Waals surface area (Å²) in [5.74, 6) is 0.727. The summed E-state index contributed by atoms with van der Waals surface area (Å²) in [5.41, 5.74) is 2.17. The number of rotatable bonds is 2. The van der Waals surface area contributed by atoms with Crippen molar-refractivity contribution in [3.8, 4) is 0 Å². The molecule has 0 amide bonds. The molecule has 1 N–H and O–H groups in total. The number of anilines is 1. The number of aliphatic hydroxyl groups excluding tert-OH is 1. The molecule has 0 saturated carbocycles. The number of imidazole rings is 1. The zero-order valence-electron chi connectivity index (χ0n) is 13.3. The number of benzene rings is 1. The number of aromatic nitrogens is 3. The van der Waals surface area contributed by atoms with Gasteiger partial charge in [-0.1, -0.05) is 0 Å². The highest BCUT2D eigenvalue weighted by Crippen LogP contribution is 2.27. The fourth-order valence-corrected chi connectivity index (χ4v) is 3.79. The molecule has 0 atom stereocenters. The lowest BCUT2D eigenvalue weighted by Crippen LogP contribution is -2.36. The Labute approximate surface area is 139 Å². The lowest BCUT2D eigenvalue weighted by atomic mass is 10.1. The van der Waals surface area contributed by atoms with Crippen LogP contribution in [-0.2, 0) is 9.84 Å². The van der Waals surface area contributed by atoms with E-state index in [2.05, 4.69) is 9.88 Å². The molecule has 1 fully saturated rings. The smallest absolute Gasteiger partial charge is 0.180 e. The van der Waals surface area contributed by atoms with Crippen LogP contribution in [-0.4, -0.2) is 53.3 Å². The van der Waals surface area contributed by atoms with Crippen LogP contribution in [0.2, 0.25) is 0 Å². The van der Waals surface area contributed by atoms with Crippen molar-refractivity contribution in [2.75, 3.05) is 24.2 Å². The lowest BCUT2D eigenvalue weighted by molar-refractivity contribution is 0.145. The van der Waals surface area contributed by atoms with Crippen molar-refractivity contribution in [3.63, 3.8) is 0 Å². The minimum absolute atomic E-state index is 0.252. The van der Waals surface area contributed by atoms with Crippen molar-refractivity contribution in [1.82, 2.24) is 14.4 Å². The summed E-state index contributed by atoms with van der Waals surface area (Å²) in [4.78, 5) is 11.5.